The zero-order valence-electron chi connectivity index (χ0n) is 16.8. The lowest BCUT2D eigenvalue weighted by molar-refractivity contribution is -0.258. The van der Waals surface area contributed by atoms with E-state index in [0.717, 1.165) is 51.4 Å². The Hall–Kier alpha value is -1.14. The summed E-state index contributed by atoms with van der Waals surface area (Å²) in [6, 6.07) is 0. The predicted molar refractivity (Wildman–Crippen MR) is 108 cm³/mol. The molecule has 2 atom stereocenters. The molecule has 0 aromatic carbocycles. The lowest BCUT2D eigenvalue weighted by Crippen LogP contribution is -2.24. The Labute approximate surface area is 177 Å². The van der Waals surface area contributed by atoms with Crippen LogP contribution in [0.1, 0.15) is 90.9 Å². The predicted octanol–water partition coefficient (Wildman–Crippen LogP) is 5.06. The normalized spacial score (nSPS) is 12.9. The Balaban J connectivity index is 3.77. The molecule has 2 unspecified atom stereocenters. The third-order valence-electron chi connectivity index (χ3n) is 4.19. The molecule has 0 rings (SSSR count). The van der Waals surface area contributed by atoms with Gasteiger partial charge in [-0.1, -0.05) is 38.5 Å². The summed E-state index contributed by atoms with van der Waals surface area (Å²) < 4.78 is 0. The van der Waals surface area contributed by atoms with Crippen LogP contribution < -0.4 is 0 Å². The number of halogens is 2. The van der Waals surface area contributed by atoms with Crippen molar-refractivity contribution in [3.63, 3.8) is 0 Å². The first-order chi connectivity index (χ1) is 13.2. The van der Waals surface area contributed by atoms with Crippen molar-refractivity contribution in [1.29, 1.82) is 0 Å². The van der Waals surface area contributed by atoms with Crippen molar-refractivity contribution in [2.75, 3.05) is 0 Å². The summed E-state index contributed by atoms with van der Waals surface area (Å²) in [5.41, 5.74) is 0. The molecule has 0 saturated heterocycles. The lowest BCUT2D eigenvalue weighted by atomic mass is 10.1. The maximum Gasteiger partial charge on any atom is 0.373 e. The van der Waals surface area contributed by atoms with Gasteiger partial charge in [0.2, 0.25) is 0 Å². The highest BCUT2D eigenvalue weighted by atomic mass is 35.5. The van der Waals surface area contributed by atoms with Gasteiger partial charge in [0.15, 0.2) is 0 Å². The van der Waals surface area contributed by atoms with Crippen LogP contribution >= 0.6 is 23.2 Å². The second-order valence-corrected chi connectivity index (χ2v) is 8.10. The molecular weight excluding hydrogens is 407 g/mol. The van der Waals surface area contributed by atoms with Gasteiger partial charge < -0.3 is 9.59 Å². The summed E-state index contributed by atoms with van der Waals surface area (Å²) in [6.45, 7) is 3.13. The molecule has 0 aliphatic rings. The molecule has 0 N–H and O–H groups in total. The van der Waals surface area contributed by atoms with Gasteiger partial charge in [-0.15, -0.1) is 23.2 Å². The van der Waals surface area contributed by atoms with E-state index in [2.05, 4.69) is 9.78 Å². The minimum absolute atomic E-state index is 0.172. The van der Waals surface area contributed by atoms with Crippen LogP contribution in [-0.4, -0.2) is 34.3 Å². The summed E-state index contributed by atoms with van der Waals surface area (Å²) in [4.78, 5) is 54.1. The first-order valence-corrected chi connectivity index (χ1v) is 10.8. The molecule has 0 aromatic rings. The van der Waals surface area contributed by atoms with Crippen molar-refractivity contribution >= 4 is 46.7 Å². The minimum Gasteiger partial charge on any atom is -0.300 e. The molecule has 6 nitrogen and oxygen atoms in total. The minimum atomic E-state index is -0.893. The fraction of sp³-hybridized carbons (Fsp3) is 0.800. The van der Waals surface area contributed by atoms with E-state index in [0.29, 0.717) is 25.7 Å². The number of ketones is 2. The smallest absolute Gasteiger partial charge is 0.300 e. The third kappa shape index (κ3) is 15.9. The van der Waals surface area contributed by atoms with Crippen LogP contribution in [0.15, 0.2) is 0 Å². The summed E-state index contributed by atoms with van der Waals surface area (Å²) in [7, 11) is 0. The van der Waals surface area contributed by atoms with Crippen molar-refractivity contribution < 1.29 is 29.0 Å². The second-order valence-electron chi connectivity index (χ2n) is 7.05. The Bertz CT molecular complexity index is 451. The second kappa shape index (κ2) is 16.8. The molecule has 0 saturated carbocycles. The quantitative estimate of drug-likeness (QED) is 0.145. The number of hydrogen-bond donors (Lipinski definition) is 0. The van der Waals surface area contributed by atoms with Crippen LogP contribution in [0.3, 0.4) is 0 Å². The zero-order valence-corrected chi connectivity index (χ0v) is 18.4. The van der Waals surface area contributed by atoms with Gasteiger partial charge in [0.05, 0.1) is 0 Å². The third-order valence-corrected chi connectivity index (χ3v) is 4.98. The van der Waals surface area contributed by atoms with E-state index in [1.807, 2.05) is 0 Å². The lowest BCUT2D eigenvalue weighted by Gasteiger charge is -2.10. The summed E-state index contributed by atoms with van der Waals surface area (Å²) in [5.74, 6) is -1.28. The van der Waals surface area contributed by atoms with E-state index < -0.39 is 22.7 Å². The number of Topliss-reactive ketones (excluding diaryl/α,β-unsaturated/α-hetero) is 2. The van der Waals surface area contributed by atoms with Crippen LogP contribution in [-0.2, 0) is 29.0 Å². The molecule has 0 radical (unpaired) electrons. The standard InChI is InChI=1S/C20H32Cl2O6/c1-15(23)11-7-3-5-9-13-17(21)19(25)27-28-20(26)18(22)14-10-6-4-8-12-16(2)24/h17-18H,3-14H2,1-2H3. The molecule has 0 aromatic heterocycles. The summed E-state index contributed by atoms with van der Waals surface area (Å²) in [6.07, 6.45) is 8.57. The SMILES string of the molecule is CC(=O)CCCCCCC(Cl)C(=O)OOC(=O)C(Cl)CCCCCCC(C)=O. The van der Waals surface area contributed by atoms with Gasteiger partial charge in [0, 0.05) is 12.8 Å². The van der Waals surface area contributed by atoms with Gasteiger partial charge in [-0.3, -0.25) is 0 Å². The van der Waals surface area contributed by atoms with Crippen LogP contribution in [0.2, 0.25) is 0 Å². The molecule has 0 fully saturated rings. The molecule has 0 heterocycles. The van der Waals surface area contributed by atoms with Gasteiger partial charge in [-0.2, -0.15) is 0 Å². The molecule has 0 spiro atoms. The fourth-order valence-electron chi connectivity index (χ4n) is 2.52. The molecule has 0 aliphatic heterocycles. The number of unbranched alkanes of at least 4 members (excludes halogenated alkanes) is 6. The average molecular weight is 439 g/mol. The molecule has 0 aliphatic carbocycles. The number of rotatable bonds is 16. The Morgan fingerprint density at radius 3 is 1.25 bits per heavy atom. The highest BCUT2D eigenvalue weighted by Crippen LogP contribution is 2.15. The van der Waals surface area contributed by atoms with E-state index in [-0.39, 0.29) is 11.6 Å². The van der Waals surface area contributed by atoms with Crippen molar-refractivity contribution in [3.05, 3.63) is 0 Å². The van der Waals surface area contributed by atoms with Crippen LogP contribution in [0, 0.1) is 0 Å². The maximum absolute atomic E-state index is 11.7. The van der Waals surface area contributed by atoms with E-state index in [1.54, 1.807) is 13.8 Å². The Kier molecular flexibility index (Phi) is 16.1. The molecule has 0 amide bonds. The van der Waals surface area contributed by atoms with Gasteiger partial charge in [0.1, 0.15) is 22.3 Å². The number of hydrogen-bond acceptors (Lipinski definition) is 6. The van der Waals surface area contributed by atoms with Crippen molar-refractivity contribution in [3.8, 4) is 0 Å². The zero-order chi connectivity index (χ0) is 21.4. The monoisotopic (exact) mass is 438 g/mol. The van der Waals surface area contributed by atoms with Crippen LogP contribution in [0.4, 0.5) is 0 Å². The molecule has 28 heavy (non-hydrogen) atoms. The molecule has 8 heteroatoms. The first-order valence-electron chi connectivity index (χ1n) is 9.93. The van der Waals surface area contributed by atoms with Gasteiger partial charge >= 0.3 is 11.9 Å². The summed E-state index contributed by atoms with van der Waals surface area (Å²) >= 11 is 11.9. The first kappa shape index (κ1) is 26.9. The van der Waals surface area contributed by atoms with Gasteiger partial charge in [0.25, 0.3) is 0 Å². The van der Waals surface area contributed by atoms with Crippen LogP contribution in [0.25, 0.3) is 0 Å². The van der Waals surface area contributed by atoms with Crippen molar-refractivity contribution in [2.24, 2.45) is 0 Å². The van der Waals surface area contributed by atoms with E-state index in [4.69, 9.17) is 23.2 Å². The highest BCUT2D eigenvalue weighted by molar-refractivity contribution is 6.30. The molecule has 162 valence electrons. The number of alkyl halides is 2. The Morgan fingerprint density at radius 1 is 0.607 bits per heavy atom. The van der Waals surface area contributed by atoms with Gasteiger partial charge in [-0.25, -0.2) is 19.4 Å². The van der Waals surface area contributed by atoms with E-state index in [1.165, 1.54) is 0 Å². The Morgan fingerprint density at radius 2 is 0.929 bits per heavy atom. The number of carbonyl (C=O) groups excluding carboxylic acids is 4. The van der Waals surface area contributed by atoms with E-state index >= 15 is 0 Å². The largest absolute Gasteiger partial charge is 0.373 e. The topological polar surface area (TPSA) is 86.7 Å². The van der Waals surface area contributed by atoms with Crippen molar-refractivity contribution in [1.82, 2.24) is 0 Å². The summed E-state index contributed by atoms with van der Waals surface area (Å²) in [5, 5.41) is -1.79. The average Bonchev–Trinajstić information content (AvgIpc) is 2.63. The van der Waals surface area contributed by atoms with Gasteiger partial charge in [-0.05, 0) is 39.5 Å². The fourth-order valence-corrected chi connectivity index (χ4v) is 2.91. The maximum atomic E-state index is 11.7. The van der Waals surface area contributed by atoms with Crippen LogP contribution in [0.5, 0.6) is 0 Å². The van der Waals surface area contributed by atoms with Crippen molar-refractivity contribution in [2.45, 2.75) is 102 Å². The van der Waals surface area contributed by atoms with E-state index in [9.17, 15) is 19.2 Å². The highest BCUT2D eigenvalue weighted by Gasteiger charge is 2.23. The number of carbonyl (C=O) groups is 4. The molecule has 0 bridgehead atoms. The molecular formula is C20H32Cl2O6.